The summed E-state index contributed by atoms with van der Waals surface area (Å²) in [4.78, 5) is 13.4. The molecule has 0 aliphatic carbocycles. The molecule has 0 aromatic heterocycles. The van der Waals surface area contributed by atoms with E-state index in [-0.39, 0.29) is 12.5 Å². The Morgan fingerprint density at radius 3 is 2.72 bits per heavy atom. The molecule has 0 radical (unpaired) electrons. The van der Waals surface area contributed by atoms with Gasteiger partial charge in [-0.05, 0) is 48.0 Å². The van der Waals surface area contributed by atoms with E-state index in [1.807, 2.05) is 17.9 Å². The molecule has 0 amide bonds. The van der Waals surface area contributed by atoms with Crippen molar-refractivity contribution >= 4 is 27.6 Å². The summed E-state index contributed by atoms with van der Waals surface area (Å²) in [5.41, 5.74) is 1.46. The molecule has 0 atom stereocenters. The van der Waals surface area contributed by atoms with Gasteiger partial charge in [0.05, 0.1) is 23.9 Å². The number of rotatable bonds is 5. The van der Waals surface area contributed by atoms with Gasteiger partial charge < -0.3 is 9.64 Å². The topological polar surface area (TPSA) is 53.3 Å². The molecule has 18 heavy (non-hydrogen) atoms. The minimum Gasteiger partial charge on any atom is -0.465 e. The molecule has 1 rings (SSSR count). The lowest BCUT2D eigenvalue weighted by Crippen LogP contribution is -2.31. The highest BCUT2D eigenvalue weighted by Gasteiger charge is 2.13. The first-order valence-corrected chi connectivity index (χ1v) is 6.51. The van der Waals surface area contributed by atoms with E-state index in [1.165, 1.54) is 0 Å². The van der Waals surface area contributed by atoms with Crippen LogP contribution in [0, 0.1) is 11.3 Å². The average molecular weight is 311 g/mol. The number of benzene rings is 1. The molecule has 96 valence electrons. The Kier molecular flexibility index (Phi) is 5.66. The van der Waals surface area contributed by atoms with Gasteiger partial charge in [-0.25, -0.2) is 0 Å². The third-order valence-corrected chi connectivity index (χ3v) is 3.06. The molecule has 0 unspecified atom stereocenters. The van der Waals surface area contributed by atoms with Gasteiger partial charge in [0.15, 0.2) is 0 Å². The molecule has 0 fully saturated rings. The maximum atomic E-state index is 11.5. The Labute approximate surface area is 115 Å². The second kappa shape index (κ2) is 7.02. The number of nitriles is 1. The van der Waals surface area contributed by atoms with Gasteiger partial charge in [-0.3, -0.25) is 4.79 Å². The van der Waals surface area contributed by atoms with Crippen LogP contribution in [0.3, 0.4) is 0 Å². The first kappa shape index (κ1) is 14.5. The SMILES string of the molecule is CCOC(=O)CN(CC)c1ccc(C#N)cc1Br. The number of esters is 1. The molecule has 0 saturated heterocycles. The van der Waals surface area contributed by atoms with Crippen LogP contribution in [-0.2, 0) is 9.53 Å². The van der Waals surface area contributed by atoms with Crippen molar-refractivity contribution in [3.05, 3.63) is 28.2 Å². The predicted molar refractivity (Wildman–Crippen MR) is 73.4 cm³/mol. The monoisotopic (exact) mass is 310 g/mol. The molecule has 0 aliphatic rings. The van der Waals surface area contributed by atoms with Crippen molar-refractivity contribution in [1.82, 2.24) is 0 Å². The van der Waals surface area contributed by atoms with E-state index in [9.17, 15) is 4.79 Å². The van der Waals surface area contributed by atoms with Crippen molar-refractivity contribution in [2.75, 3.05) is 24.6 Å². The minimum absolute atomic E-state index is 0.203. The van der Waals surface area contributed by atoms with E-state index in [2.05, 4.69) is 22.0 Å². The van der Waals surface area contributed by atoms with E-state index in [4.69, 9.17) is 10.00 Å². The van der Waals surface area contributed by atoms with Crippen LogP contribution in [0.25, 0.3) is 0 Å². The van der Waals surface area contributed by atoms with Crippen molar-refractivity contribution < 1.29 is 9.53 Å². The Morgan fingerprint density at radius 1 is 1.50 bits per heavy atom. The Morgan fingerprint density at radius 2 is 2.22 bits per heavy atom. The molecule has 0 bridgehead atoms. The number of hydrogen-bond donors (Lipinski definition) is 0. The Balaban J connectivity index is 2.89. The Hall–Kier alpha value is -1.54. The highest BCUT2D eigenvalue weighted by Crippen LogP contribution is 2.27. The lowest BCUT2D eigenvalue weighted by molar-refractivity contribution is -0.141. The van der Waals surface area contributed by atoms with Crippen LogP contribution in [0.2, 0.25) is 0 Å². The molecule has 0 aliphatic heterocycles. The summed E-state index contributed by atoms with van der Waals surface area (Å²) >= 11 is 3.41. The van der Waals surface area contributed by atoms with E-state index in [0.717, 1.165) is 10.2 Å². The highest BCUT2D eigenvalue weighted by atomic mass is 79.9. The summed E-state index contributed by atoms with van der Waals surface area (Å²) in [6.07, 6.45) is 0. The van der Waals surface area contributed by atoms with Gasteiger partial charge in [0, 0.05) is 11.0 Å². The number of likely N-dealkylation sites (N-methyl/N-ethyl adjacent to an activating group) is 1. The average Bonchev–Trinajstić information content (AvgIpc) is 2.36. The van der Waals surface area contributed by atoms with Crippen LogP contribution in [-0.4, -0.2) is 25.7 Å². The number of halogens is 1. The van der Waals surface area contributed by atoms with E-state index >= 15 is 0 Å². The molecule has 0 saturated carbocycles. The molecular formula is C13H15BrN2O2. The van der Waals surface area contributed by atoms with E-state index in [1.54, 1.807) is 19.1 Å². The summed E-state index contributed by atoms with van der Waals surface area (Å²) in [7, 11) is 0. The van der Waals surface area contributed by atoms with Crippen LogP contribution in [0.5, 0.6) is 0 Å². The van der Waals surface area contributed by atoms with E-state index < -0.39 is 0 Å². The van der Waals surface area contributed by atoms with Crippen molar-refractivity contribution in [2.24, 2.45) is 0 Å². The molecule has 0 heterocycles. The van der Waals surface area contributed by atoms with Gasteiger partial charge in [-0.2, -0.15) is 5.26 Å². The van der Waals surface area contributed by atoms with Crippen molar-refractivity contribution in [3.63, 3.8) is 0 Å². The second-order valence-corrected chi connectivity index (χ2v) is 4.45. The zero-order chi connectivity index (χ0) is 13.5. The predicted octanol–water partition coefficient (Wildman–Crippen LogP) is 2.71. The number of ether oxygens (including phenoxy) is 1. The summed E-state index contributed by atoms with van der Waals surface area (Å²) < 4.78 is 5.73. The smallest absolute Gasteiger partial charge is 0.325 e. The number of hydrogen-bond acceptors (Lipinski definition) is 4. The summed E-state index contributed by atoms with van der Waals surface area (Å²) in [5.74, 6) is -0.254. The highest BCUT2D eigenvalue weighted by molar-refractivity contribution is 9.10. The zero-order valence-corrected chi connectivity index (χ0v) is 12.0. The van der Waals surface area contributed by atoms with Gasteiger partial charge >= 0.3 is 5.97 Å². The lowest BCUT2D eigenvalue weighted by Gasteiger charge is -2.23. The van der Waals surface area contributed by atoms with Crippen LogP contribution in [0.4, 0.5) is 5.69 Å². The minimum atomic E-state index is -0.254. The van der Waals surface area contributed by atoms with Gasteiger partial charge in [-0.1, -0.05) is 0 Å². The maximum absolute atomic E-state index is 11.5. The summed E-state index contributed by atoms with van der Waals surface area (Å²) in [5, 5.41) is 8.81. The molecular weight excluding hydrogens is 296 g/mol. The second-order valence-electron chi connectivity index (χ2n) is 3.60. The van der Waals surface area contributed by atoms with Gasteiger partial charge in [-0.15, -0.1) is 0 Å². The van der Waals surface area contributed by atoms with Crippen molar-refractivity contribution in [3.8, 4) is 6.07 Å². The number of nitrogens with zero attached hydrogens (tertiary/aromatic N) is 2. The molecule has 1 aromatic rings. The summed E-state index contributed by atoms with van der Waals surface area (Å²) in [6, 6.07) is 7.37. The largest absolute Gasteiger partial charge is 0.465 e. The fraction of sp³-hybridized carbons (Fsp3) is 0.385. The van der Waals surface area contributed by atoms with Crippen LogP contribution < -0.4 is 4.90 Å². The van der Waals surface area contributed by atoms with Gasteiger partial charge in [0.25, 0.3) is 0 Å². The number of carbonyl (C=O) groups is 1. The van der Waals surface area contributed by atoms with Crippen molar-refractivity contribution in [2.45, 2.75) is 13.8 Å². The first-order valence-electron chi connectivity index (χ1n) is 5.72. The first-order chi connectivity index (χ1) is 8.62. The molecule has 0 spiro atoms. The molecule has 0 N–H and O–H groups in total. The van der Waals surface area contributed by atoms with Crippen LogP contribution in [0.1, 0.15) is 19.4 Å². The van der Waals surface area contributed by atoms with E-state index in [0.29, 0.717) is 18.7 Å². The zero-order valence-electron chi connectivity index (χ0n) is 10.4. The fourth-order valence-electron chi connectivity index (χ4n) is 1.56. The molecule has 1 aromatic carbocycles. The maximum Gasteiger partial charge on any atom is 0.325 e. The fourth-order valence-corrected chi connectivity index (χ4v) is 2.19. The third-order valence-electron chi connectivity index (χ3n) is 2.42. The normalized spacial score (nSPS) is 9.67. The van der Waals surface area contributed by atoms with Crippen LogP contribution >= 0.6 is 15.9 Å². The number of anilines is 1. The van der Waals surface area contributed by atoms with Crippen molar-refractivity contribution in [1.29, 1.82) is 5.26 Å². The quantitative estimate of drug-likeness (QED) is 0.785. The third kappa shape index (κ3) is 3.74. The number of carbonyl (C=O) groups excluding carboxylic acids is 1. The van der Waals surface area contributed by atoms with Gasteiger partial charge in [0.1, 0.15) is 6.54 Å². The molecule has 5 heteroatoms. The Bertz CT molecular complexity index is 469. The lowest BCUT2D eigenvalue weighted by atomic mass is 10.2. The standard InChI is InChI=1S/C13H15BrN2O2/c1-3-16(9-13(17)18-4-2)12-6-5-10(8-15)7-11(12)14/h5-7H,3-4,9H2,1-2H3. The van der Waals surface area contributed by atoms with Crippen LogP contribution in [0.15, 0.2) is 22.7 Å². The summed E-state index contributed by atoms with van der Waals surface area (Å²) in [6.45, 7) is 5.01. The molecule has 4 nitrogen and oxygen atoms in total. The van der Waals surface area contributed by atoms with Gasteiger partial charge in [0.2, 0.25) is 0 Å².